The summed E-state index contributed by atoms with van der Waals surface area (Å²) in [6.07, 6.45) is 0. The van der Waals surface area contributed by atoms with Crippen molar-refractivity contribution >= 4 is 21.9 Å². The molecule has 0 spiro atoms. The van der Waals surface area contributed by atoms with Gasteiger partial charge in [0, 0.05) is 0 Å². The van der Waals surface area contributed by atoms with E-state index in [4.69, 9.17) is 4.42 Å². The van der Waals surface area contributed by atoms with Crippen LogP contribution < -0.4 is 5.43 Å². The molecular weight excluding hydrogens is 248 g/mol. The third kappa shape index (κ3) is 1.92. The summed E-state index contributed by atoms with van der Waals surface area (Å²) < 4.78 is 5.94. The van der Waals surface area contributed by atoms with Crippen LogP contribution in [0.3, 0.4) is 0 Å². The Morgan fingerprint density at radius 2 is 1.70 bits per heavy atom. The Hall–Kier alpha value is -2.09. The average Bonchev–Trinajstić information content (AvgIpc) is 2.36. The van der Waals surface area contributed by atoms with E-state index in [1.807, 2.05) is 37.3 Å². The van der Waals surface area contributed by atoms with E-state index in [0.29, 0.717) is 21.9 Å². The topological polar surface area (TPSA) is 30.2 Å². The van der Waals surface area contributed by atoms with E-state index < -0.39 is 0 Å². The number of aryl methyl sites for hydroxylation is 1. The zero-order valence-corrected chi connectivity index (χ0v) is 12.3. The molecule has 20 heavy (non-hydrogen) atoms. The van der Waals surface area contributed by atoms with Crippen molar-refractivity contribution in [2.45, 2.75) is 33.1 Å². The molecule has 0 fully saturated rings. The second-order valence-electron chi connectivity index (χ2n) is 6.36. The van der Waals surface area contributed by atoms with Crippen LogP contribution in [0, 0.1) is 6.92 Å². The van der Waals surface area contributed by atoms with Gasteiger partial charge in [-0.1, -0.05) is 39.0 Å². The molecule has 0 aliphatic heterocycles. The molecule has 2 heteroatoms. The first kappa shape index (κ1) is 12.9. The van der Waals surface area contributed by atoms with Crippen LogP contribution in [0.1, 0.15) is 31.9 Å². The fourth-order valence-corrected chi connectivity index (χ4v) is 2.66. The van der Waals surface area contributed by atoms with Crippen molar-refractivity contribution in [3.63, 3.8) is 0 Å². The van der Waals surface area contributed by atoms with Gasteiger partial charge < -0.3 is 4.42 Å². The van der Waals surface area contributed by atoms with Gasteiger partial charge >= 0.3 is 0 Å². The maximum Gasteiger partial charge on any atom is 0.200 e. The summed E-state index contributed by atoms with van der Waals surface area (Å²) in [5.41, 5.74) is 3.45. The van der Waals surface area contributed by atoms with Crippen molar-refractivity contribution in [3.8, 4) is 0 Å². The van der Waals surface area contributed by atoms with Gasteiger partial charge in [0.15, 0.2) is 0 Å². The number of fused-ring (bicyclic) bond motifs is 2. The molecule has 102 valence electrons. The molecule has 0 saturated heterocycles. The van der Waals surface area contributed by atoms with E-state index in [9.17, 15) is 4.79 Å². The highest BCUT2D eigenvalue weighted by atomic mass is 16.3. The van der Waals surface area contributed by atoms with Gasteiger partial charge in [-0.05, 0) is 41.7 Å². The molecule has 0 unspecified atom stereocenters. The van der Waals surface area contributed by atoms with E-state index in [1.165, 1.54) is 0 Å². The van der Waals surface area contributed by atoms with Crippen LogP contribution in [0.5, 0.6) is 0 Å². The number of para-hydroxylation sites is 1. The molecule has 2 aromatic carbocycles. The molecule has 3 aromatic rings. The molecule has 3 rings (SSSR count). The SMILES string of the molecule is Cc1cc(C(C)(C)C)c2c(=O)c3ccccc3oc2c1. The van der Waals surface area contributed by atoms with Crippen LogP contribution in [0.4, 0.5) is 0 Å². The minimum absolute atomic E-state index is 0.0618. The second-order valence-corrected chi connectivity index (χ2v) is 6.36. The normalized spacial score (nSPS) is 12.2. The highest BCUT2D eigenvalue weighted by molar-refractivity contribution is 5.92. The summed E-state index contributed by atoms with van der Waals surface area (Å²) in [6.45, 7) is 8.39. The standard InChI is InChI=1S/C18H18O2/c1-11-9-13(18(2,3)4)16-15(10-11)20-14-8-6-5-7-12(14)17(16)19/h5-10H,1-4H3. The Morgan fingerprint density at radius 3 is 2.40 bits per heavy atom. The predicted molar refractivity (Wildman–Crippen MR) is 83.4 cm³/mol. The molecule has 0 saturated carbocycles. The number of hydrogen-bond acceptors (Lipinski definition) is 2. The van der Waals surface area contributed by atoms with E-state index in [2.05, 4.69) is 26.8 Å². The molecular formula is C18H18O2. The summed E-state index contributed by atoms with van der Waals surface area (Å²) >= 11 is 0. The fourth-order valence-electron chi connectivity index (χ4n) is 2.66. The smallest absolute Gasteiger partial charge is 0.200 e. The van der Waals surface area contributed by atoms with Crippen LogP contribution in [0.2, 0.25) is 0 Å². The van der Waals surface area contributed by atoms with Crippen LogP contribution in [-0.4, -0.2) is 0 Å². The van der Waals surface area contributed by atoms with Gasteiger partial charge in [-0.25, -0.2) is 0 Å². The Bertz CT molecular complexity index is 864. The van der Waals surface area contributed by atoms with Gasteiger partial charge in [0.25, 0.3) is 0 Å². The van der Waals surface area contributed by atoms with Gasteiger partial charge in [-0.3, -0.25) is 4.79 Å². The van der Waals surface area contributed by atoms with Crippen LogP contribution in [0.15, 0.2) is 45.6 Å². The van der Waals surface area contributed by atoms with Gasteiger partial charge in [-0.15, -0.1) is 0 Å². The maximum atomic E-state index is 12.8. The lowest BCUT2D eigenvalue weighted by molar-refractivity contribution is 0.591. The molecule has 1 heterocycles. The van der Waals surface area contributed by atoms with Crippen molar-refractivity contribution < 1.29 is 4.42 Å². The van der Waals surface area contributed by atoms with Crippen molar-refractivity contribution in [2.75, 3.05) is 0 Å². The second kappa shape index (κ2) is 4.20. The van der Waals surface area contributed by atoms with Crippen LogP contribution in [0.25, 0.3) is 21.9 Å². The Morgan fingerprint density at radius 1 is 1.00 bits per heavy atom. The van der Waals surface area contributed by atoms with Gasteiger partial charge in [0.1, 0.15) is 11.2 Å². The molecule has 1 aromatic heterocycles. The number of benzene rings is 2. The van der Waals surface area contributed by atoms with E-state index in [0.717, 1.165) is 11.1 Å². The third-order valence-corrected chi connectivity index (χ3v) is 3.63. The monoisotopic (exact) mass is 266 g/mol. The predicted octanol–water partition coefficient (Wildman–Crippen LogP) is 4.55. The Balaban J connectivity index is 2.59. The number of rotatable bonds is 0. The molecule has 0 atom stereocenters. The maximum absolute atomic E-state index is 12.8. The molecule has 0 N–H and O–H groups in total. The quantitative estimate of drug-likeness (QED) is 0.559. The molecule has 0 aliphatic rings. The number of hydrogen-bond donors (Lipinski definition) is 0. The van der Waals surface area contributed by atoms with Gasteiger partial charge in [-0.2, -0.15) is 0 Å². The lowest BCUT2D eigenvalue weighted by Crippen LogP contribution is -2.16. The summed E-state index contributed by atoms with van der Waals surface area (Å²) in [5, 5.41) is 1.36. The molecule has 0 bridgehead atoms. The highest BCUT2D eigenvalue weighted by Crippen LogP contribution is 2.31. The third-order valence-electron chi connectivity index (χ3n) is 3.63. The highest BCUT2D eigenvalue weighted by Gasteiger charge is 2.21. The Labute approximate surface area is 118 Å². The zero-order valence-electron chi connectivity index (χ0n) is 12.3. The summed E-state index contributed by atoms with van der Waals surface area (Å²) in [6, 6.07) is 11.5. The largest absolute Gasteiger partial charge is 0.456 e. The average molecular weight is 266 g/mol. The lowest BCUT2D eigenvalue weighted by atomic mass is 9.83. The zero-order chi connectivity index (χ0) is 14.5. The van der Waals surface area contributed by atoms with Crippen molar-refractivity contribution in [1.29, 1.82) is 0 Å². The van der Waals surface area contributed by atoms with Crippen molar-refractivity contribution in [3.05, 3.63) is 57.7 Å². The first-order chi connectivity index (χ1) is 9.38. The van der Waals surface area contributed by atoms with Crippen molar-refractivity contribution in [1.82, 2.24) is 0 Å². The molecule has 0 radical (unpaired) electrons. The fraction of sp³-hybridized carbons (Fsp3) is 0.278. The van der Waals surface area contributed by atoms with E-state index in [-0.39, 0.29) is 10.8 Å². The van der Waals surface area contributed by atoms with Crippen LogP contribution in [-0.2, 0) is 5.41 Å². The molecule has 0 aliphatic carbocycles. The summed E-state index contributed by atoms with van der Waals surface area (Å²) in [4.78, 5) is 12.8. The van der Waals surface area contributed by atoms with Gasteiger partial charge in [0.2, 0.25) is 5.43 Å². The Kier molecular flexibility index (Phi) is 2.72. The lowest BCUT2D eigenvalue weighted by Gasteiger charge is -2.21. The molecule has 2 nitrogen and oxygen atoms in total. The van der Waals surface area contributed by atoms with E-state index >= 15 is 0 Å². The van der Waals surface area contributed by atoms with Crippen LogP contribution >= 0.6 is 0 Å². The van der Waals surface area contributed by atoms with E-state index in [1.54, 1.807) is 0 Å². The molecule has 0 amide bonds. The summed E-state index contributed by atoms with van der Waals surface area (Å²) in [5.74, 6) is 0. The minimum Gasteiger partial charge on any atom is -0.456 e. The van der Waals surface area contributed by atoms with Gasteiger partial charge in [0.05, 0.1) is 10.8 Å². The van der Waals surface area contributed by atoms with Crippen molar-refractivity contribution in [2.24, 2.45) is 0 Å². The first-order valence-corrected chi connectivity index (χ1v) is 6.84. The minimum atomic E-state index is -0.0958. The summed E-state index contributed by atoms with van der Waals surface area (Å²) in [7, 11) is 0. The first-order valence-electron chi connectivity index (χ1n) is 6.84.